The number of rotatable bonds is 2. The second-order valence-electron chi connectivity index (χ2n) is 3.54. The summed E-state index contributed by atoms with van der Waals surface area (Å²) < 4.78 is 0. The number of hydrogen-bond donors (Lipinski definition) is 1. The minimum Gasteiger partial charge on any atom is -0.392 e. The molecule has 14 heavy (non-hydrogen) atoms. The summed E-state index contributed by atoms with van der Waals surface area (Å²) >= 11 is 6.07. The van der Waals surface area contributed by atoms with E-state index in [9.17, 15) is 0 Å². The highest BCUT2D eigenvalue weighted by Gasteiger charge is 2.19. The fourth-order valence-corrected chi connectivity index (χ4v) is 1.81. The van der Waals surface area contributed by atoms with E-state index in [4.69, 9.17) is 16.7 Å². The summed E-state index contributed by atoms with van der Waals surface area (Å²) in [5, 5.41) is 9.67. The Kier molecular flexibility index (Phi) is 2.61. The first-order valence-corrected chi connectivity index (χ1v) is 5.12. The Morgan fingerprint density at radius 1 is 1.57 bits per heavy atom. The van der Waals surface area contributed by atoms with Gasteiger partial charge in [0.1, 0.15) is 5.82 Å². The molecule has 0 saturated carbocycles. The second-order valence-corrected chi connectivity index (χ2v) is 3.94. The molecule has 0 amide bonds. The van der Waals surface area contributed by atoms with Gasteiger partial charge >= 0.3 is 0 Å². The van der Waals surface area contributed by atoms with E-state index in [0.29, 0.717) is 5.02 Å². The van der Waals surface area contributed by atoms with Crippen molar-refractivity contribution in [1.29, 1.82) is 0 Å². The van der Waals surface area contributed by atoms with Crippen LogP contribution in [0.25, 0.3) is 0 Å². The first kappa shape index (κ1) is 9.74. The highest BCUT2D eigenvalue weighted by Crippen LogP contribution is 2.28. The minimum absolute atomic E-state index is 0.00116. The molecule has 3 nitrogen and oxygen atoms in total. The monoisotopic (exact) mass is 212 g/mol. The summed E-state index contributed by atoms with van der Waals surface area (Å²) in [6, 6.07) is 1.80. The molecule has 1 aliphatic rings. The summed E-state index contributed by atoms with van der Waals surface area (Å²) in [7, 11) is 0. The lowest BCUT2D eigenvalue weighted by Crippen LogP contribution is -2.38. The molecule has 2 rings (SSSR count). The van der Waals surface area contributed by atoms with Crippen molar-refractivity contribution >= 4 is 17.4 Å². The number of aromatic nitrogens is 1. The normalized spacial score (nSPS) is 15.5. The van der Waals surface area contributed by atoms with Crippen molar-refractivity contribution < 1.29 is 5.11 Å². The fourth-order valence-electron chi connectivity index (χ4n) is 1.52. The Morgan fingerprint density at radius 2 is 2.29 bits per heavy atom. The van der Waals surface area contributed by atoms with Gasteiger partial charge in [0.05, 0.1) is 11.6 Å². The van der Waals surface area contributed by atoms with E-state index in [0.717, 1.165) is 30.2 Å². The fraction of sp³-hybridized carbons (Fsp3) is 0.500. The van der Waals surface area contributed by atoms with Crippen molar-refractivity contribution in [3.63, 3.8) is 0 Å². The van der Waals surface area contributed by atoms with Gasteiger partial charge in [-0.2, -0.15) is 0 Å². The van der Waals surface area contributed by atoms with Gasteiger partial charge < -0.3 is 10.0 Å². The zero-order valence-electron chi connectivity index (χ0n) is 8.13. The van der Waals surface area contributed by atoms with E-state index in [1.54, 1.807) is 6.07 Å². The maximum atomic E-state index is 9.03. The Labute approximate surface area is 88.3 Å². The maximum Gasteiger partial charge on any atom is 0.147 e. The molecule has 1 fully saturated rings. The Balaban J connectivity index is 2.36. The van der Waals surface area contributed by atoms with E-state index < -0.39 is 0 Å². The average Bonchev–Trinajstić information content (AvgIpc) is 2.08. The van der Waals surface area contributed by atoms with Gasteiger partial charge in [0, 0.05) is 24.3 Å². The lowest BCUT2D eigenvalue weighted by Gasteiger charge is -2.33. The lowest BCUT2D eigenvalue weighted by molar-refractivity contribution is 0.280. The van der Waals surface area contributed by atoms with Crippen LogP contribution in [0.5, 0.6) is 0 Å². The van der Waals surface area contributed by atoms with Gasteiger partial charge in [-0.25, -0.2) is 4.98 Å². The first-order chi connectivity index (χ1) is 6.72. The predicted molar refractivity (Wildman–Crippen MR) is 56.7 cm³/mol. The van der Waals surface area contributed by atoms with Crippen molar-refractivity contribution in [1.82, 2.24) is 4.98 Å². The van der Waals surface area contributed by atoms with Crippen LogP contribution in [-0.2, 0) is 6.61 Å². The molecular weight excluding hydrogens is 200 g/mol. The van der Waals surface area contributed by atoms with E-state index in [1.807, 2.05) is 6.92 Å². The largest absolute Gasteiger partial charge is 0.392 e. The smallest absolute Gasteiger partial charge is 0.147 e. The summed E-state index contributed by atoms with van der Waals surface area (Å²) in [5.41, 5.74) is 1.66. The topological polar surface area (TPSA) is 36.4 Å². The summed E-state index contributed by atoms with van der Waals surface area (Å²) in [5.74, 6) is 0.854. The van der Waals surface area contributed by atoms with Crippen LogP contribution in [0, 0.1) is 6.92 Å². The second kappa shape index (κ2) is 3.75. The van der Waals surface area contributed by atoms with Crippen molar-refractivity contribution in [2.24, 2.45) is 0 Å². The molecule has 0 bridgehead atoms. The van der Waals surface area contributed by atoms with Crippen molar-refractivity contribution in [2.45, 2.75) is 20.0 Å². The Bertz CT molecular complexity index is 350. The molecule has 1 aliphatic heterocycles. The van der Waals surface area contributed by atoms with Crippen LogP contribution in [0.4, 0.5) is 5.82 Å². The number of aliphatic hydroxyl groups is 1. The molecule has 0 unspecified atom stereocenters. The zero-order valence-corrected chi connectivity index (χ0v) is 8.88. The first-order valence-electron chi connectivity index (χ1n) is 4.74. The summed E-state index contributed by atoms with van der Waals surface area (Å²) in [6.07, 6.45) is 1.21. The van der Waals surface area contributed by atoms with Crippen LogP contribution in [0.15, 0.2) is 6.07 Å². The number of aliphatic hydroxyl groups excluding tert-OH is 1. The molecule has 0 radical (unpaired) electrons. The minimum atomic E-state index is -0.00116. The number of anilines is 1. The molecule has 4 heteroatoms. The molecule has 0 aromatic carbocycles. The number of hydrogen-bond acceptors (Lipinski definition) is 3. The Hall–Kier alpha value is -0.800. The quantitative estimate of drug-likeness (QED) is 0.812. The standard InChI is InChI=1S/C10H13ClN2O/c1-7-8(6-14)5-9(11)10(12-7)13-3-2-4-13/h5,14H,2-4,6H2,1H3. The number of nitrogens with zero attached hydrogens (tertiary/aromatic N) is 2. The molecule has 1 aromatic rings. The highest BCUT2D eigenvalue weighted by atomic mass is 35.5. The zero-order chi connectivity index (χ0) is 10.1. The molecular formula is C10H13ClN2O. The summed E-state index contributed by atoms with van der Waals surface area (Å²) in [4.78, 5) is 6.55. The third-order valence-corrected chi connectivity index (χ3v) is 2.86. The van der Waals surface area contributed by atoms with E-state index in [-0.39, 0.29) is 6.61 Å². The number of pyridine rings is 1. The molecule has 1 N–H and O–H groups in total. The third-order valence-electron chi connectivity index (χ3n) is 2.58. The van der Waals surface area contributed by atoms with Gasteiger partial charge in [-0.15, -0.1) is 0 Å². The van der Waals surface area contributed by atoms with Gasteiger partial charge in [-0.3, -0.25) is 0 Å². The molecule has 0 atom stereocenters. The van der Waals surface area contributed by atoms with E-state index in [2.05, 4.69) is 9.88 Å². The molecule has 1 aromatic heterocycles. The predicted octanol–water partition coefficient (Wildman–Crippen LogP) is 1.75. The lowest BCUT2D eigenvalue weighted by atomic mass is 10.2. The van der Waals surface area contributed by atoms with Crippen LogP contribution in [0.3, 0.4) is 0 Å². The molecule has 0 aliphatic carbocycles. The summed E-state index contributed by atoms with van der Waals surface area (Å²) in [6.45, 7) is 3.96. The van der Waals surface area contributed by atoms with Gasteiger partial charge in [0.2, 0.25) is 0 Å². The van der Waals surface area contributed by atoms with Gasteiger partial charge in [-0.05, 0) is 19.4 Å². The molecule has 0 spiro atoms. The molecule has 1 saturated heterocycles. The van der Waals surface area contributed by atoms with Crippen LogP contribution in [0.2, 0.25) is 5.02 Å². The van der Waals surface area contributed by atoms with Gasteiger partial charge in [-0.1, -0.05) is 11.6 Å². The van der Waals surface area contributed by atoms with Gasteiger partial charge in [0.15, 0.2) is 0 Å². The SMILES string of the molecule is Cc1nc(N2CCC2)c(Cl)cc1CO. The number of halogens is 1. The van der Waals surface area contributed by atoms with Crippen molar-refractivity contribution in [3.05, 3.63) is 22.3 Å². The van der Waals surface area contributed by atoms with Crippen molar-refractivity contribution in [2.75, 3.05) is 18.0 Å². The maximum absolute atomic E-state index is 9.03. The molecule has 2 heterocycles. The molecule has 76 valence electrons. The average molecular weight is 213 g/mol. The number of aryl methyl sites for hydroxylation is 1. The highest BCUT2D eigenvalue weighted by molar-refractivity contribution is 6.33. The third kappa shape index (κ3) is 1.57. The van der Waals surface area contributed by atoms with Crippen LogP contribution >= 0.6 is 11.6 Å². The van der Waals surface area contributed by atoms with E-state index >= 15 is 0 Å². The van der Waals surface area contributed by atoms with Crippen LogP contribution in [0.1, 0.15) is 17.7 Å². The Morgan fingerprint density at radius 3 is 2.79 bits per heavy atom. The van der Waals surface area contributed by atoms with Crippen LogP contribution < -0.4 is 4.90 Å². The van der Waals surface area contributed by atoms with Crippen LogP contribution in [-0.4, -0.2) is 23.2 Å². The van der Waals surface area contributed by atoms with Gasteiger partial charge in [0.25, 0.3) is 0 Å². The van der Waals surface area contributed by atoms with Crippen molar-refractivity contribution in [3.8, 4) is 0 Å². The van der Waals surface area contributed by atoms with E-state index in [1.165, 1.54) is 6.42 Å².